The number of halogens is 2. The zero-order valence-electron chi connectivity index (χ0n) is 24.4. The van der Waals surface area contributed by atoms with Crippen molar-refractivity contribution in [1.82, 2.24) is 10.2 Å². The van der Waals surface area contributed by atoms with Crippen LogP contribution in [0.15, 0.2) is 66.7 Å². The highest BCUT2D eigenvalue weighted by atomic mass is 35.5. The first kappa shape index (κ1) is 33.2. The van der Waals surface area contributed by atoms with Crippen LogP contribution in [-0.2, 0) is 32.6 Å². The number of ether oxygens (including phenoxy) is 1. The van der Waals surface area contributed by atoms with Crippen molar-refractivity contribution in [2.45, 2.75) is 52.2 Å². The van der Waals surface area contributed by atoms with Crippen molar-refractivity contribution >= 4 is 50.7 Å². The van der Waals surface area contributed by atoms with E-state index in [0.717, 1.165) is 21.7 Å². The molecule has 0 aromatic heterocycles. The van der Waals surface area contributed by atoms with Gasteiger partial charge in [0.2, 0.25) is 21.8 Å². The van der Waals surface area contributed by atoms with Crippen molar-refractivity contribution in [2.75, 3.05) is 24.2 Å². The number of hydrogen-bond donors (Lipinski definition) is 1. The Bertz CT molecular complexity index is 1480. The summed E-state index contributed by atoms with van der Waals surface area (Å²) in [4.78, 5) is 29.4. The molecule has 2 atom stereocenters. The molecule has 0 unspecified atom stereocenters. The van der Waals surface area contributed by atoms with Crippen molar-refractivity contribution in [3.8, 4) is 5.75 Å². The Morgan fingerprint density at radius 2 is 1.64 bits per heavy atom. The number of carbonyl (C=O) groups excluding carboxylic acids is 2. The van der Waals surface area contributed by atoms with Crippen LogP contribution in [0.2, 0.25) is 10.0 Å². The Balaban J connectivity index is 2.15. The first-order chi connectivity index (χ1) is 19.8. The SMILES string of the molecule is CC[C@@H](C)NC(=O)[C@H](Cc1ccccc1)N(Cc1c(Cl)cccc1Cl)C(=O)CN(c1cc(C)ccc1OC)S(C)(=O)=O. The van der Waals surface area contributed by atoms with Gasteiger partial charge in [0.05, 0.1) is 19.1 Å². The van der Waals surface area contributed by atoms with E-state index in [1.165, 1.54) is 12.0 Å². The van der Waals surface area contributed by atoms with Gasteiger partial charge in [-0.3, -0.25) is 13.9 Å². The van der Waals surface area contributed by atoms with Crippen LogP contribution in [-0.4, -0.2) is 57.1 Å². The molecule has 0 bridgehead atoms. The van der Waals surface area contributed by atoms with E-state index in [2.05, 4.69) is 5.32 Å². The standard InChI is InChI=1S/C31H37Cl2N3O5S/c1-6-22(3)34-31(38)28(18-23-11-8-7-9-12-23)35(19-24-25(32)13-10-14-26(24)33)30(37)20-36(42(5,39)40)27-17-21(2)15-16-29(27)41-4/h7-17,22,28H,6,18-20H2,1-5H3,(H,34,38)/t22-,28+/m1/s1. The molecule has 3 rings (SSSR count). The Hall–Kier alpha value is -3.27. The van der Waals surface area contributed by atoms with Crippen LogP contribution < -0.4 is 14.4 Å². The molecule has 0 spiro atoms. The Labute approximate surface area is 258 Å². The van der Waals surface area contributed by atoms with Crippen molar-refractivity contribution in [3.05, 3.63) is 93.5 Å². The molecule has 0 aliphatic heterocycles. The number of anilines is 1. The van der Waals surface area contributed by atoms with E-state index in [1.54, 1.807) is 36.4 Å². The third-order valence-electron chi connectivity index (χ3n) is 6.94. The number of nitrogens with one attached hydrogen (secondary N) is 1. The summed E-state index contributed by atoms with van der Waals surface area (Å²) in [6.07, 6.45) is 1.89. The summed E-state index contributed by atoms with van der Waals surface area (Å²) in [7, 11) is -2.53. The highest BCUT2D eigenvalue weighted by molar-refractivity contribution is 7.92. The average Bonchev–Trinajstić information content (AvgIpc) is 2.94. The van der Waals surface area contributed by atoms with Gasteiger partial charge in [-0.1, -0.05) is 72.6 Å². The second-order valence-corrected chi connectivity index (χ2v) is 12.9. The number of benzene rings is 3. The number of amides is 2. The van der Waals surface area contributed by atoms with Crippen LogP contribution in [0.25, 0.3) is 0 Å². The summed E-state index contributed by atoms with van der Waals surface area (Å²) < 4.78 is 32.6. The number of aryl methyl sites for hydroxylation is 1. The van der Waals surface area contributed by atoms with Gasteiger partial charge in [-0.15, -0.1) is 0 Å². The molecular formula is C31H37Cl2N3O5S. The second kappa shape index (κ2) is 14.8. The lowest BCUT2D eigenvalue weighted by atomic mass is 10.0. The molecule has 0 saturated carbocycles. The Morgan fingerprint density at radius 3 is 2.21 bits per heavy atom. The lowest BCUT2D eigenvalue weighted by Gasteiger charge is -2.34. The van der Waals surface area contributed by atoms with Gasteiger partial charge in [0.25, 0.3) is 0 Å². The molecular weight excluding hydrogens is 597 g/mol. The Kier molecular flexibility index (Phi) is 11.7. The predicted octanol–water partition coefficient (Wildman–Crippen LogP) is 5.63. The normalized spacial score (nSPS) is 12.7. The van der Waals surface area contributed by atoms with Gasteiger partial charge in [0.15, 0.2) is 0 Å². The van der Waals surface area contributed by atoms with Crippen LogP contribution in [0.5, 0.6) is 5.75 Å². The van der Waals surface area contributed by atoms with Gasteiger partial charge in [-0.2, -0.15) is 0 Å². The van der Waals surface area contributed by atoms with E-state index in [1.807, 2.05) is 51.1 Å². The molecule has 0 saturated heterocycles. The van der Waals surface area contributed by atoms with Crippen LogP contribution in [0, 0.1) is 6.92 Å². The Morgan fingerprint density at radius 1 is 1.00 bits per heavy atom. The van der Waals surface area contributed by atoms with Gasteiger partial charge in [0, 0.05) is 34.6 Å². The summed E-state index contributed by atoms with van der Waals surface area (Å²) in [5, 5.41) is 3.63. The van der Waals surface area contributed by atoms with Crippen LogP contribution in [0.1, 0.15) is 37.0 Å². The number of nitrogens with zero attached hydrogens (tertiary/aromatic N) is 2. The molecule has 226 valence electrons. The van der Waals surface area contributed by atoms with Gasteiger partial charge in [0.1, 0.15) is 18.3 Å². The first-order valence-corrected chi connectivity index (χ1v) is 16.1. The van der Waals surface area contributed by atoms with Gasteiger partial charge in [-0.05, 0) is 55.7 Å². The third kappa shape index (κ3) is 8.63. The molecule has 0 fully saturated rings. The highest BCUT2D eigenvalue weighted by Crippen LogP contribution is 2.32. The zero-order valence-corrected chi connectivity index (χ0v) is 26.8. The maximum Gasteiger partial charge on any atom is 0.244 e. The molecule has 3 aromatic rings. The number of methoxy groups -OCH3 is 1. The van der Waals surface area contributed by atoms with E-state index in [9.17, 15) is 18.0 Å². The fourth-order valence-electron chi connectivity index (χ4n) is 4.44. The number of carbonyl (C=O) groups is 2. The largest absolute Gasteiger partial charge is 0.495 e. The molecule has 0 aliphatic carbocycles. The summed E-state index contributed by atoms with van der Waals surface area (Å²) in [5.74, 6) is -0.696. The summed E-state index contributed by atoms with van der Waals surface area (Å²) in [5.41, 5.74) is 2.27. The van der Waals surface area contributed by atoms with E-state index in [0.29, 0.717) is 22.0 Å². The van der Waals surface area contributed by atoms with Gasteiger partial charge >= 0.3 is 0 Å². The third-order valence-corrected chi connectivity index (χ3v) is 8.78. The van der Waals surface area contributed by atoms with Crippen LogP contribution in [0.3, 0.4) is 0 Å². The molecule has 42 heavy (non-hydrogen) atoms. The van der Waals surface area contributed by atoms with Gasteiger partial charge in [-0.25, -0.2) is 8.42 Å². The lowest BCUT2D eigenvalue weighted by molar-refractivity contribution is -0.140. The number of hydrogen-bond acceptors (Lipinski definition) is 5. The van der Waals surface area contributed by atoms with E-state index in [4.69, 9.17) is 27.9 Å². The van der Waals surface area contributed by atoms with E-state index >= 15 is 0 Å². The second-order valence-electron chi connectivity index (χ2n) is 10.2. The van der Waals surface area contributed by atoms with Crippen molar-refractivity contribution in [2.24, 2.45) is 0 Å². The molecule has 0 aliphatic rings. The quantitative estimate of drug-likeness (QED) is 0.263. The molecule has 3 aromatic carbocycles. The highest BCUT2D eigenvalue weighted by Gasteiger charge is 2.34. The van der Waals surface area contributed by atoms with Crippen molar-refractivity contribution < 1.29 is 22.7 Å². The molecule has 8 nitrogen and oxygen atoms in total. The molecule has 0 radical (unpaired) electrons. The number of rotatable bonds is 13. The lowest BCUT2D eigenvalue weighted by Crippen LogP contribution is -2.54. The molecule has 1 N–H and O–H groups in total. The van der Waals surface area contributed by atoms with E-state index in [-0.39, 0.29) is 36.4 Å². The topological polar surface area (TPSA) is 96.0 Å². The maximum atomic E-state index is 14.3. The fourth-order valence-corrected chi connectivity index (χ4v) is 5.80. The fraction of sp³-hybridized carbons (Fsp3) is 0.355. The van der Waals surface area contributed by atoms with E-state index < -0.39 is 28.5 Å². The van der Waals surface area contributed by atoms with Crippen molar-refractivity contribution in [3.63, 3.8) is 0 Å². The summed E-state index contributed by atoms with van der Waals surface area (Å²) in [6.45, 7) is 4.94. The van der Waals surface area contributed by atoms with Crippen LogP contribution in [0.4, 0.5) is 5.69 Å². The molecule has 2 amide bonds. The predicted molar refractivity (Wildman–Crippen MR) is 169 cm³/mol. The minimum Gasteiger partial charge on any atom is -0.495 e. The monoisotopic (exact) mass is 633 g/mol. The van der Waals surface area contributed by atoms with Crippen LogP contribution >= 0.6 is 23.2 Å². The molecule has 11 heteroatoms. The van der Waals surface area contributed by atoms with Gasteiger partial charge < -0.3 is 15.0 Å². The zero-order chi connectivity index (χ0) is 31.0. The summed E-state index contributed by atoms with van der Waals surface area (Å²) >= 11 is 13.0. The average molecular weight is 635 g/mol. The number of sulfonamides is 1. The minimum absolute atomic E-state index is 0.120. The minimum atomic E-state index is -3.96. The summed E-state index contributed by atoms with van der Waals surface area (Å²) in [6, 6.07) is 18.2. The maximum absolute atomic E-state index is 14.3. The van der Waals surface area contributed by atoms with Crippen molar-refractivity contribution in [1.29, 1.82) is 0 Å². The molecule has 0 heterocycles. The smallest absolute Gasteiger partial charge is 0.244 e. The first-order valence-electron chi connectivity index (χ1n) is 13.5.